The first-order valence-electron chi connectivity index (χ1n) is 21.6. The Morgan fingerprint density at radius 3 is 1.60 bits per heavy atom. The lowest BCUT2D eigenvalue weighted by Gasteiger charge is -2.28. The average molecular weight is 758 g/mol. The predicted molar refractivity (Wildman–Crippen MR) is 217 cm³/mol. The van der Waals surface area contributed by atoms with Gasteiger partial charge in [-0.05, 0) is 44.9 Å². The molecule has 0 fully saturated rings. The van der Waals surface area contributed by atoms with Crippen molar-refractivity contribution < 1.29 is 37.3 Å². The number of phosphoric acid groups is 1. The second kappa shape index (κ2) is 36.9. The maximum absolute atomic E-state index is 12.7. The smallest absolute Gasteiger partial charge is 0.306 e. The Kier molecular flexibility index (Phi) is 36.2. The van der Waals surface area contributed by atoms with Crippen LogP contribution in [0.15, 0.2) is 24.3 Å². The summed E-state index contributed by atoms with van der Waals surface area (Å²) >= 11 is 0. The van der Waals surface area contributed by atoms with Crippen molar-refractivity contribution >= 4 is 13.8 Å². The molecule has 0 aliphatic heterocycles. The summed E-state index contributed by atoms with van der Waals surface area (Å²) in [5.41, 5.74) is 0. The van der Waals surface area contributed by atoms with Crippen molar-refractivity contribution in [3.63, 3.8) is 0 Å². The van der Waals surface area contributed by atoms with E-state index in [0.29, 0.717) is 24.1 Å². The lowest BCUT2D eigenvalue weighted by atomic mass is 10.0. The van der Waals surface area contributed by atoms with E-state index in [1.807, 2.05) is 21.1 Å². The van der Waals surface area contributed by atoms with Crippen LogP contribution in [-0.4, -0.2) is 70.7 Å². The number of carbonyl (C=O) groups excluding carboxylic acids is 1. The van der Waals surface area contributed by atoms with Crippen molar-refractivity contribution in [2.24, 2.45) is 0 Å². The topological polar surface area (TPSA) is 94.1 Å². The SMILES string of the molecule is CCCCC/C=C\C/C=C\CCCCCCCCCC(=O)OC(COCCCCCCCCCCCCCCC)COP(=O)([O-])OCC[N+](C)(C)C. The molecule has 0 aliphatic rings. The van der Waals surface area contributed by atoms with Crippen molar-refractivity contribution in [3.8, 4) is 0 Å². The number of ether oxygens (including phenoxy) is 2. The van der Waals surface area contributed by atoms with Crippen LogP contribution in [0.3, 0.4) is 0 Å². The molecule has 0 amide bonds. The minimum atomic E-state index is -4.52. The van der Waals surface area contributed by atoms with Gasteiger partial charge in [0.05, 0.1) is 34.4 Å². The lowest BCUT2D eigenvalue weighted by Crippen LogP contribution is -2.37. The molecule has 8 nitrogen and oxygen atoms in total. The molecule has 0 aromatic rings. The molecule has 0 rings (SSSR count). The monoisotopic (exact) mass is 758 g/mol. The predicted octanol–water partition coefficient (Wildman–Crippen LogP) is 11.8. The third-order valence-corrected chi connectivity index (χ3v) is 10.2. The Hall–Kier alpha value is -1.02. The van der Waals surface area contributed by atoms with E-state index >= 15 is 0 Å². The summed E-state index contributed by atoms with van der Waals surface area (Å²) in [6.07, 6.45) is 40.3. The second-order valence-electron chi connectivity index (χ2n) is 15.7. The standard InChI is InChI=1S/C43H84NO7P/c1-6-8-10-12-14-16-18-20-21-22-23-24-26-28-30-32-34-36-43(45)51-42(41-50-52(46,47)49-39-37-44(3,4)5)40-48-38-35-33-31-29-27-25-19-17-15-13-11-9-7-2/h14,16,20-21,42H,6-13,15,17-19,22-41H2,1-5H3/b16-14-,21-20-. The van der Waals surface area contributed by atoms with Crippen molar-refractivity contribution in [1.29, 1.82) is 0 Å². The largest absolute Gasteiger partial charge is 0.756 e. The van der Waals surface area contributed by atoms with Gasteiger partial charge in [0.1, 0.15) is 19.3 Å². The molecule has 0 radical (unpaired) electrons. The number of allylic oxidation sites excluding steroid dienone is 4. The van der Waals surface area contributed by atoms with Gasteiger partial charge in [-0.2, -0.15) is 0 Å². The van der Waals surface area contributed by atoms with Crippen LogP contribution in [0, 0.1) is 0 Å². The fraction of sp³-hybridized carbons (Fsp3) is 0.884. The number of carbonyl (C=O) groups is 1. The molecule has 0 saturated carbocycles. The summed E-state index contributed by atoms with van der Waals surface area (Å²) in [5.74, 6) is -0.340. The normalized spacial score (nSPS) is 14.0. The van der Waals surface area contributed by atoms with Gasteiger partial charge in [0, 0.05) is 13.0 Å². The van der Waals surface area contributed by atoms with Crippen LogP contribution in [0.1, 0.15) is 187 Å². The third kappa shape index (κ3) is 40.2. The van der Waals surface area contributed by atoms with Crippen LogP contribution in [0.25, 0.3) is 0 Å². The lowest BCUT2D eigenvalue weighted by molar-refractivity contribution is -0.870. The zero-order valence-corrected chi connectivity index (χ0v) is 35.7. The molecule has 52 heavy (non-hydrogen) atoms. The van der Waals surface area contributed by atoms with Gasteiger partial charge in [0.2, 0.25) is 0 Å². The molecule has 9 heteroatoms. The summed E-state index contributed by atoms with van der Waals surface area (Å²) in [5, 5.41) is 0. The van der Waals surface area contributed by atoms with Gasteiger partial charge >= 0.3 is 5.97 Å². The van der Waals surface area contributed by atoms with Crippen LogP contribution in [0.2, 0.25) is 0 Å². The third-order valence-electron chi connectivity index (χ3n) is 9.26. The fourth-order valence-electron chi connectivity index (χ4n) is 5.87. The van der Waals surface area contributed by atoms with Crippen LogP contribution < -0.4 is 4.89 Å². The summed E-state index contributed by atoms with van der Waals surface area (Å²) < 4.78 is 34.5. The molecule has 0 aromatic heterocycles. The van der Waals surface area contributed by atoms with E-state index in [0.717, 1.165) is 44.9 Å². The maximum Gasteiger partial charge on any atom is 0.306 e. The van der Waals surface area contributed by atoms with Crippen LogP contribution in [0.4, 0.5) is 0 Å². The Balaban J connectivity index is 4.24. The minimum absolute atomic E-state index is 0.0262. The number of hydrogen-bond acceptors (Lipinski definition) is 7. The zero-order valence-electron chi connectivity index (χ0n) is 34.8. The number of nitrogens with zero attached hydrogens (tertiary/aromatic N) is 1. The van der Waals surface area contributed by atoms with E-state index in [-0.39, 0.29) is 25.8 Å². The fourth-order valence-corrected chi connectivity index (χ4v) is 6.60. The van der Waals surface area contributed by atoms with Crippen LogP contribution in [-0.2, 0) is 27.9 Å². The molecule has 0 aliphatic carbocycles. The Morgan fingerprint density at radius 1 is 0.596 bits per heavy atom. The molecular weight excluding hydrogens is 673 g/mol. The molecule has 308 valence electrons. The first-order chi connectivity index (χ1) is 25.1. The van der Waals surface area contributed by atoms with Crippen LogP contribution in [0.5, 0.6) is 0 Å². The van der Waals surface area contributed by atoms with E-state index in [2.05, 4.69) is 38.2 Å². The highest BCUT2D eigenvalue weighted by Crippen LogP contribution is 2.38. The molecule has 2 unspecified atom stereocenters. The number of phosphoric ester groups is 1. The van der Waals surface area contributed by atoms with Gasteiger partial charge in [0.15, 0.2) is 0 Å². The van der Waals surface area contributed by atoms with Gasteiger partial charge in [-0.1, -0.05) is 160 Å². The van der Waals surface area contributed by atoms with Crippen LogP contribution >= 0.6 is 7.82 Å². The van der Waals surface area contributed by atoms with Crippen molar-refractivity contribution in [1.82, 2.24) is 0 Å². The molecule has 0 bridgehead atoms. The quantitative estimate of drug-likeness (QED) is 0.0202. The van der Waals surface area contributed by atoms with Crippen molar-refractivity contribution in [2.75, 3.05) is 54.1 Å². The molecule has 0 N–H and O–H groups in total. The minimum Gasteiger partial charge on any atom is -0.756 e. The Morgan fingerprint density at radius 2 is 1.06 bits per heavy atom. The van der Waals surface area contributed by atoms with Crippen molar-refractivity contribution in [3.05, 3.63) is 24.3 Å². The summed E-state index contributed by atoms with van der Waals surface area (Å²) in [6.45, 7) is 5.40. The van der Waals surface area contributed by atoms with E-state index in [4.69, 9.17) is 18.5 Å². The van der Waals surface area contributed by atoms with Gasteiger partial charge in [-0.25, -0.2) is 0 Å². The molecule has 2 atom stereocenters. The average Bonchev–Trinajstić information content (AvgIpc) is 3.09. The number of unbranched alkanes of at least 4 members (excludes halogenated alkanes) is 22. The Bertz CT molecular complexity index is 889. The second-order valence-corrected chi connectivity index (χ2v) is 17.1. The van der Waals surface area contributed by atoms with E-state index < -0.39 is 13.9 Å². The van der Waals surface area contributed by atoms with Gasteiger partial charge < -0.3 is 27.9 Å². The Labute approximate surface area is 322 Å². The summed E-state index contributed by atoms with van der Waals surface area (Å²) in [4.78, 5) is 25.0. The van der Waals surface area contributed by atoms with E-state index in [1.165, 1.54) is 122 Å². The number of hydrogen-bond donors (Lipinski definition) is 0. The van der Waals surface area contributed by atoms with Gasteiger partial charge in [-0.3, -0.25) is 9.36 Å². The first kappa shape index (κ1) is 51.0. The van der Waals surface area contributed by atoms with E-state index in [1.54, 1.807) is 0 Å². The summed E-state index contributed by atoms with van der Waals surface area (Å²) in [6, 6.07) is 0. The maximum atomic E-state index is 12.7. The highest BCUT2D eigenvalue weighted by molar-refractivity contribution is 7.45. The number of rotatable bonds is 40. The number of likely N-dealkylation sites (N-methyl/N-ethyl adjacent to an activating group) is 1. The molecule has 0 saturated heterocycles. The van der Waals surface area contributed by atoms with Crippen molar-refractivity contribution in [2.45, 2.75) is 193 Å². The molecule has 0 heterocycles. The van der Waals surface area contributed by atoms with E-state index in [9.17, 15) is 14.3 Å². The van der Waals surface area contributed by atoms with Gasteiger partial charge in [0.25, 0.3) is 7.82 Å². The summed E-state index contributed by atoms with van der Waals surface area (Å²) in [7, 11) is 1.36. The zero-order chi connectivity index (χ0) is 38.4. The number of esters is 1. The molecular formula is C43H84NO7P. The highest BCUT2D eigenvalue weighted by Gasteiger charge is 2.20. The van der Waals surface area contributed by atoms with Gasteiger partial charge in [-0.15, -0.1) is 0 Å². The molecule has 0 spiro atoms. The highest BCUT2D eigenvalue weighted by atomic mass is 31.2. The first-order valence-corrected chi connectivity index (χ1v) is 23.0. The number of quaternary nitrogens is 1. The molecule has 0 aromatic carbocycles.